The second-order valence-corrected chi connectivity index (χ2v) is 8.48. The van der Waals surface area contributed by atoms with Crippen molar-refractivity contribution in [2.75, 3.05) is 6.54 Å². The summed E-state index contributed by atoms with van der Waals surface area (Å²) in [5.41, 5.74) is -0.0330. The number of aliphatic carboxylic acids is 1. The van der Waals surface area contributed by atoms with Crippen molar-refractivity contribution in [1.82, 2.24) is 16.0 Å². The molecular weight excluding hydrogens is 448 g/mol. The molecule has 0 aliphatic rings. The number of hydrogen-bond acceptors (Lipinski definition) is 8. The number of aliphatic hydroxyl groups is 2. The maximum Gasteiger partial charge on any atom is 0.305 e. The second-order valence-electron chi connectivity index (χ2n) is 6.92. The molecule has 0 saturated carbocycles. The molecule has 0 aromatic heterocycles. The van der Waals surface area contributed by atoms with Gasteiger partial charge in [0.05, 0.1) is 23.5 Å². The molecule has 0 aliphatic heterocycles. The van der Waals surface area contributed by atoms with Crippen LogP contribution in [0.5, 0.6) is 0 Å². The Labute approximate surface area is 184 Å². The Kier molecular flexibility index (Phi) is 9.71. The lowest BCUT2D eigenvalue weighted by Crippen LogP contribution is -2.59. The number of carboxylic acids is 1. The third-order valence-electron chi connectivity index (χ3n) is 4.20. The lowest BCUT2D eigenvalue weighted by Gasteiger charge is -2.26. The van der Waals surface area contributed by atoms with Crippen LogP contribution in [0.2, 0.25) is 0 Å². The first-order chi connectivity index (χ1) is 14.7. The summed E-state index contributed by atoms with van der Waals surface area (Å²) in [5, 5.41) is 40.0. The van der Waals surface area contributed by atoms with Crippen molar-refractivity contribution in [3.05, 3.63) is 29.8 Å². The normalized spacial score (nSPS) is 15.0. The molecule has 0 saturated heterocycles. The number of aliphatic hydroxyl groups excluding tert-OH is 2. The number of amides is 3. The molecule has 0 radical (unpaired) electrons. The summed E-state index contributed by atoms with van der Waals surface area (Å²) in [5.74, 6) is -3.83. The standard InChI is InChI=1S/C18H26N4O9S/c1-9(23)14(17(28)20-8-7-13(25)26)22-18(29)15(10(2)24)21-16(27)11-3-5-12(6-4-11)32(19,30)31/h3-6,9-10,14-15,23-24H,7-8H2,1-2H3,(H,20,28)(H,21,27)(H,22,29)(H,25,26)(H2,19,30,31)/t9-,10-,14-,15-/m1/s1. The van der Waals surface area contributed by atoms with Crippen LogP contribution in [0.3, 0.4) is 0 Å². The predicted octanol–water partition coefficient (Wildman–Crippen LogP) is -2.73. The molecule has 32 heavy (non-hydrogen) atoms. The van der Waals surface area contributed by atoms with E-state index in [1.165, 1.54) is 13.8 Å². The Morgan fingerprint density at radius 3 is 1.88 bits per heavy atom. The molecule has 0 heterocycles. The fourth-order valence-corrected chi connectivity index (χ4v) is 2.99. The molecule has 178 valence electrons. The number of hydrogen-bond donors (Lipinski definition) is 7. The first-order valence-corrected chi connectivity index (χ1v) is 10.9. The molecule has 8 N–H and O–H groups in total. The van der Waals surface area contributed by atoms with Crippen molar-refractivity contribution < 1.29 is 42.9 Å². The molecular formula is C18H26N4O9S. The van der Waals surface area contributed by atoms with Gasteiger partial charge in [0.25, 0.3) is 5.91 Å². The fraction of sp³-hybridized carbons (Fsp3) is 0.444. The molecule has 1 aromatic rings. The molecule has 0 fully saturated rings. The quantitative estimate of drug-likeness (QED) is 0.176. The third-order valence-corrected chi connectivity index (χ3v) is 5.13. The van der Waals surface area contributed by atoms with E-state index >= 15 is 0 Å². The number of rotatable bonds is 11. The Hall–Kier alpha value is -3.07. The van der Waals surface area contributed by atoms with Crippen molar-refractivity contribution in [3.8, 4) is 0 Å². The monoisotopic (exact) mass is 474 g/mol. The molecule has 0 bridgehead atoms. The van der Waals surface area contributed by atoms with Gasteiger partial charge >= 0.3 is 5.97 Å². The number of nitrogens with one attached hydrogen (secondary N) is 3. The Bertz CT molecular complexity index is 946. The van der Waals surface area contributed by atoms with Gasteiger partial charge in [0.15, 0.2) is 0 Å². The number of sulfonamides is 1. The summed E-state index contributed by atoms with van der Waals surface area (Å²) in [7, 11) is -3.97. The summed E-state index contributed by atoms with van der Waals surface area (Å²) < 4.78 is 22.6. The van der Waals surface area contributed by atoms with Crippen molar-refractivity contribution in [1.29, 1.82) is 0 Å². The zero-order chi connectivity index (χ0) is 24.6. The minimum absolute atomic E-state index is 0.0330. The first-order valence-electron chi connectivity index (χ1n) is 9.33. The van der Waals surface area contributed by atoms with E-state index in [0.29, 0.717) is 0 Å². The van der Waals surface area contributed by atoms with E-state index in [-0.39, 0.29) is 23.4 Å². The average Bonchev–Trinajstić information content (AvgIpc) is 2.68. The average molecular weight is 474 g/mol. The number of carboxylic acid groups (broad SMARTS) is 1. The van der Waals surface area contributed by atoms with Gasteiger partial charge in [-0.05, 0) is 38.1 Å². The SMILES string of the molecule is C[C@@H](O)[C@@H](NC(=O)c1ccc(S(N)(=O)=O)cc1)C(=O)N[C@@H](C(=O)NCCC(=O)O)[C@@H](C)O. The molecule has 1 aromatic carbocycles. The van der Waals surface area contributed by atoms with Crippen LogP contribution in [0.1, 0.15) is 30.6 Å². The van der Waals surface area contributed by atoms with Crippen LogP contribution in [-0.4, -0.2) is 78.3 Å². The largest absolute Gasteiger partial charge is 0.481 e. The van der Waals surface area contributed by atoms with Gasteiger partial charge in [0.2, 0.25) is 21.8 Å². The second kappa shape index (κ2) is 11.5. The first kappa shape index (κ1) is 27.0. The molecule has 0 spiro atoms. The van der Waals surface area contributed by atoms with Gasteiger partial charge in [0, 0.05) is 12.1 Å². The van der Waals surface area contributed by atoms with E-state index in [2.05, 4.69) is 16.0 Å². The van der Waals surface area contributed by atoms with Gasteiger partial charge in [0.1, 0.15) is 12.1 Å². The van der Waals surface area contributed by atoms with Crippen LogP contribution in [-0.2, 0) is 24.4 Å². The lowest BCUT2D eigenvalue weighted by atomic mass is 10.1. The summed E-state index contributed by atoms with van der Waals surface area (Å²) in [6.07, 6.45) is -3.16. The van der Waals surface area contributed by atoms with E-state index in [0.717, 1.165) is 24.3 Å². The maximum absolute atomic E-state index is 12.6. The van der Waals surface area contributed by atoms with Gasteiger partial charge in [-0.3, -0.25) is 19.2 Å². The van der Waals surface area contributed by atoms with Crippen LogP contribution < -0.4 is 21.1 Å². The van der Waals surface area contributed by atoms with Crippen molar-refractivity contribution in [2.24, 2.45) is 5.14 Å². The molecule has 3 amide bonds. The molecule has 13 nitrogen and oxygen atoms in total. The fourth-order valence-electron chi connectivity index (χ4n) is 2.48. The highest BCUT2D eigenvalue weighted by molar-refractivity contribution is 7.89. The highest BCUT2D eigenvalue weighted by Crippen LogP contribution is 2.09. The van der Waals surface area contributed by atoms with Gasteiger partial charge in [-0.1, -0.05) is 0 Å². The predicted molar refractivity (Wildman–Crippen MR) is 110 cm³/mol. The molecule has 1 rings (SSSR count). The van der Waals surface area contributed by atoms with Crippen LogP contribution in [0.15, 0.2) is 29.2 Å². The van der Waals surface area contributed by atoms with E-state index in [1.54, 1.807) is 0 Å². The van der Waals surface area contributed by atoms with E-state index in [9.17, 15) is 37.8 Å². The van der Waals surface area contributed by atoms with E-state index in [1.807, 2.05) is 0 Å². The molecule has 0 aliphatic carbocycles. The molecule has 0 unspecified atom stereocenters. The van der Waals surface area contributed by atoms with Gasteiger partial charge in [-0.15, -0.1) is 0 Å². The number of carbonyl (C=O) groups excluding carboxylic acids is 3. The van der Waals surface area contributed by atoms with Crippen LogP contribution in [0, 0.1) is 0 Å². The van der Waals surface area contributed by atoms with E-state index in [4.69, 9.17) is 10.2 Å². The highest BCUT2D eigenvalue weighted by atomic mass is 32.2. The summed E-state index contributed by atoms with van der Waals surface area (Å²) in [6, 6.07) is 1.47. The van der Waals surface area contributed by atoms with Gasteiger partial charge in [-0.25, -0.2) is 13.6 Å². The number of benzene rings is 1. The van der Waals surface area contributed by atoms with Crippen molar-refractivity contribution >= 4 is 33.7 Å². The minimum atomic E-state index is -3.97. The van der Waals surface area contributed by atoms with Crippen molar-refractivity contribution in [3.63, 3.8) is 0 Å². The Morgan fingerprint density at radius 1 is 0.938 bits per heavy atom. The molecule has 14 heteroatoms. The van der Waals surface area contributed by atoms with Gasteiger partial charge < -0.3 is 31.3 Å². The highest BCUT2D eigenvalue weighted by Gasteiger charge is 2.32. The van der Waals surface area contributed by atoms with Crippen LogP contribution in [0.25, 0.3) is 0 Å². The minimum Gasteiger partial charge on any atom is -0.481 e. The zero-order valence-electron chi connectivity index (χ0n) is 17.3. The van der Waals surface area contributed by atoms with Crippen LogP contribution in [0.4, 0.5) is 0 Å². The Balaban J connectivity index is 2.90. The lowest BCUT2D eigenvalue weighted by molar-refractivity contribution is -0.137. The smallest absolute Gasteiger partial charge is 0.305 e. The van der Waals surface area contributed by atoms with Crippen LogP contribution >= 0.6 is 0 Å². The topological polar surface area (TPSA) is 225 Å². The summed E-state index contributed by atoms with van der Waals surface area (Å²) in [6.45, 7) is 2.18. The van der Waals surface area contributed by atoms with Gasteiger partial charge in [-0.2, -0.15) is 0 Å². The third kappa shape index (κ3) is 8.22. The number of carbonyl (C=O) groups is 4. The molecule has 4 atom stereocenters. The zero-order valence-corrected chi connectivity index (χ0v) is 18.1. The number of nitrogens with two attached hydrogens (primary N) is 1. The summed E-state index contributed by atoms with van der Waals surface area (Å²) in [4.78, 5) is 47.5. The number of primary sulfonamides is 1. The van der Waals surface area contributed by atoms with E-state index < -0.39 is 58.0 Å². The Morgan fingerprint density at radius 2 is 1.44 bits per heavy atom. The van der Waals surface area contributed by atoms with Crippen molar-refractivity contribution in [2.45, 2.75) is 49.5 Å². The maximum atomic E-state index is 12.6. The summed E-state index contributed by atoms with van der Waals surface area (Å²) >= 11 is 0.